The first-order valence-electron chi connectivity index (χ1n) is 6.02. The van der Waals surface area contributed by atoms with Crippen molar-refractivity contribution in [3.63, 3.8) is 0 Å². The third-order valence-corrected chi connectivity index (χ3v) is 3.45. The van der Waals surface area contributed by atoms with E-state index in [2.05, 4.69) is 0 Å². The minimum atomic E-state index is -1.04. The van der Waals surface area contributed by atoms with Gasteiger partial charge in [0, 0.05) is 12.4 Å². The number of aromatic nitrogens is 1. The number of nitrogens with zero attached hydrogens (tertiary/aromatic N) is 1. The van der Waals surface area contributed by atoms with E-state index < -0.39 is 11.9 Å². The van der Waals surface area contributed by atoms with Crippen LogP contribution in [0.1, 0.15) is 46.5 Å². The van der Waals surface area contributed by atoms with Gasteiger partial charge in [0.25, 0.3) is 0 Å². The number of carboxylic acids is 1. The molecule has 5 nitrogen and oxygen atoms in total. The number of hydrogen-bond acceptors (Lipinski definition) is 3. The quantitative estimate of drug-likeness (QED) is 0.772. The minimum Gasteiger partial charge on any atom is -0.478 e. The summed E-state index contributed by atoms with van der Waals surface area (Å²) >= 11 is 0. The van der Waals surface area contributed by atoms with Gasteiger partial charge in [0.15, 0.2) is 0 Å². The van der Waals surface area contributed by atoms with Crippen LogP contribution >= 0.6 is 0 Å². The Balaban J connectivity index is 2.06. The van der Waals surface area contributed by atoms with Crippen LogP contribution in [-0.2, 0) is 4.74 Å². The molecule has 1 unspecified atom stereocenters. The molecule has 0 aromatic carbocycles. The van der Waals surface area contributed by atoms with Gasteiger partial charge in [0.05, 0.1) is 5.56 Å². The Hall–Kier alpha value is -2.04. The van der Waals surface area contributed by atoms with Crippen LogP contribution in [0.4, 0.5) is 0 Å². The topological polar surface area (TPSA) is 68.5 Å². The van der Waals surface area contributed by atoms with Crippen LogP contribution in [0.3, 0.4) is 0 Å². The average molecular weight is 247 g/mol. The van der Waals surface area contributed by atoms with Gasteiger partial charge in [0.1, 0.15) is 11.8 Å². The molecule has 18 heavy (non-hydrogen) atoms. The van der Waals surface area contributed by atoms with Crippen molar-refractivity contribution in [2.24, 2.45) is 0 Å². The van der Waals surface area contributed by atoms with Gasteiger partial charge in [-0.3, -0.25) is 0 Å². The summed E-state index contributed by atoms with van der Waals surface area (Å²) < 4.78 is 6.99. The molecule has 1 aromatic heterocycles. The van der Waals surface area contributed by atoms with E-state index in [-0.39, 0.29) is 17.4 Å². The van der Waals surface area contributed by atoms with Gasteiger partial charge in [-0.2, -0.15) is 0 Å². The lowest BCUT2D eigenvalue weighted by Gasteiger charge is -2.23. The highest BCUT2D eigenvalue weighted by atomic mass is 16.5. The molecule has 5 heteroatoms. The molecule has 1 atom stereocenters. The van der Waals surface area contributed by atoms with E-state index in [1.807, 2.05) is 6.20 Å². The number of carbonyl (C=O) groups is 2. The van der Waals surface area contributed by atoms with Crippen molar-refractivity contribution in [3.05, 3.63) is 29.1 Å². The zero-order valence-electron chi connectivity index (χ0n) is 9.76. The van der Waals surface area contributed by atoms with Crippen LogP contribution in [0, 0.1) is 0 Å². The molecule has 2 aliphatic rings. The van der Waals surface area contributed by atoms with Crippen LogP contribution in [0.15, 0.2) is 17.8 Å². The second-order valence-electron chi connectivity index (χ2n) is 4.67. The van der Waals surface area contributed by atoms with Crippen molar-refractivity contribution >= 4 is 18.1 Å². The smallest absolute Gasteiger partial charge is 0.355 e. The van der Waals surface area contributed by atoms with Gasteiger partial charge in [0.2, 0.25) is 0 Å². The number of esters is 1. The molecule has 0 spiro atoms. The van der Waals surface area contributed by atoms with E-state index in [1.54, 1.807) is 4.57 Å². The molecule has 3 rings (SSSR count). The van der Waals surface area contributed by atoms with Crippen LogP contribution < -0.4 is 0 Å². The van der Waals surface area contributed by atoms with Gasteiger partial charge in [-0.25, -0.2) is 9.59 Å². The molecule has 0 amide bonds. The second kappa shape index (κ2) is 4.01. The first-order valence-corrected chi connectivity index (χ1v) is 6.02. The summed E-state index contributed by atoms with van der Waals surface area (Å²) in [6.45, 7) is 0. The molecule has 2 heterocycles. The molecule has 1 N–H and O–H groups in total. The van der Waals surface area contributed by atoms with E-state index >= 15 is 0 Å². The lowest BCUT2D eigenvalue weighted by atomic mass is 9.93. The summed E-state index contributed by atoms with van der Waals surface area (Å²) in [6.07, 6.45) is 7.07. The molecule has 0 bridgehead atoms. The zero-order chi connectivity index (χ0) is 12.7. The number of carbonyl (C=O) groups excluding carboxylic acids is 1. The number of aromatic carboxylic acids is 1. The maximum Gasteiger partial charge on any atom is 0.355 e. The van der Waals surface area contributed by atoms with Crippen molar-refractivity contribution < 1.29 is 19.4 Å². The molecule has 1 aliphatic carbocycles. The van der Waals surface area contributed by atoms with Crippen molar-refractivity contribution in [1.82, 2.24) is 4.57 Å². The van der Waals surface area contributed by atoms with E-state index in [1.165, 1.54) is 12.3 Å². The monoisotopic (exact) mass is 247 g/mol. The number of fused-ring (bicyclic) bond motifs is 2. The van der Waals surface area contributed by atoms with Crippen molar-refractivity contribution in [3.8, 4) is 0 Å². The van der Waals surface area contributed by atoms with Gasteiger partial charge in [-0.15, -0.1) is 0 Å². The van der Waals surface area contributed by atoms with Crippen molar-refractivity contribution in [2.75, 3.05) is 0 Å². The Morgan fingerprint density at radius 2 is 2.28 bits per heavy atom. The van der Waals surface area contributed by atoms with E-state index in [0.717, 1.165) is 31.3 Å². The molecular weight excluding hydrogens is 234 g/mol. The summed E-state index contributed by atoms with van der Waals surface area (Å²) in [7, 11) is 0. The van der Waals surface area contributed by atoms with Crippen molar-refractivity contribution in [2.45, 2.75) is 31.8 Å². The molecule has 1 aliphatic heterocycles. The van der Waals surface area contributed by atoms with Crippen LogP contribution in [0.25, 0.3) is 6.20 Å². The van der Waals surface area contributed by atoms with Gasteiger partial charge in [-0.1, -0.05) is 0 Å². The lowest BCUT2D eigenvalue weighted by Crippen LogP contribution is -2.21. The van der Waals surface area contributed by atoms with E-state index in [0.29, 0.717) is 0 Å². The predicted molar refractivity (Wildman–Crippen MR) is 63.3 cm³/mol. The summed E-state index contributed by atoms with van der Waals surface area (Å²) in [6, 6.07) is 1.36. The number of hydrogen-bond donors (Lipinski definition) is 1. The third-order valence-electron chi connectivity index (χ3n) is 3.45. The SMILES string of the molecule is O=C(O)c1cc2n(c1)C=C1CCCCC1OC2=O. The fourth-order valence-corrected chi connectivity index (χ4v) is 2.52. The molecule has 0 radical (unpaired) electrons. The fourth-order valence-electron chi connectivity index (χ4n) is 2.52. The lowest BCUT2D eigenvalue weighted by molar-refractivity contribution is 0.0331. The number of carboxylic acid groups (broad SMARTS) is 1. The van der Waals surface area contributed by atoms with E-state index in [9.17, 15) is 9.59 Å². The Bertz CT molecular complexity index is 555. The highest BCUT2D eigenvalue weighted by molar-refractivity contribution is 5.95. The Morgan fingerprint density at radius 3 is 3.06 bits per heavy atom. The summed E-state index contributed by atoms with van der Waals surface area (Å²) in [5, 5.41) is 8.94. The first-order chi connectivity index (χ1) is 8.65. The minimum absolute atomic E-state index is 0.105. The molecule has 1 saturated carbocycles. The Kier molecular flexibility index (Phi) is 2.47. The highest BCUT2D eigenvalue weighted by Crippen LogP contribution is 2.30. The molecule has 1 fully saturated rings. The number of rotatable bonds is 1. The molecular formula is C13H13NO4. The third kappa shape index (κ3) is 1.72. The van der Waals surface area contributed by atoms with Crippen LogP contribution in [-0.4, -0.2) is 27.7 Å². The normalized spacial score (nSPS) is 22.3. The summed E-state index contributed by atoms with van der Waals surface area (Å²) in [4.78, 5) is 22.8. The van der Waals surface area contributed by atoms with Crippen molar-refractivity contribution in [1.29, 1.82) is 0 Å². The largest absolute Gasteiger partial charge is 0.478 e. The number of ether oxygens (including phenoxy) is 1. The standard InChI is InChI=1S/C13H13NO4/c15-12(16)9-5-10-13(17)18-11-4-2-1-3-8(11)6-14(10)7-9/h5-7,11H,1-4H2,(H,15,16). The molecule has 94 valence electrons. The first kappa shape index (κ1) is 11.1. The van der Waals surface area contributed by atoms with Crippen LogP contribution in [0.5, 0.6) is 0 Å². The van der Waals surface area contributed by atoms with Gasteiger partial charge >= 0.3 is 11.9 Å². The average Bonchev–Trinajstić information content (AvgIpc) is 2.71. The Morgan fingerprint density at radius 1 is 1.44 bits per heavy atom. The maximum absolute atomic E-state index is 11.9. The fraction of sp³-hybridized carbons (Fsp3) is 0.385. The molecule has 0 saturated heterocycles. The second-order valence-corrected chi connectivity index (χ2v) is 4.67. The van der Waals surface area contributed by atoms with Gasteiger partial charge < -0.3 is 14.4 Å². The maximum atomic E-state index is 11.9. The van der Waals surface area contributed by atoms with Crippen LogP contribution in [0.2, 0.25) is 0 Å². The Labute approximate surface area is 104 Å². The molecule has 1 aromatic rings. The predicted octanol–water partition coefficient (Wildman–Crippen LogP) is 2.14. The summed E-state index contributed by atoms with van der Waals surface area (Å²) in [5.41, 5.74) is 1.46. The zero-order valence-corrected chi connectivity index (χ0v) is 9.76. The van der Waals surface area contributed by atoms with Gasteiger partial charge in [-0.05, 0) is 37.3 Å². The highest BCUT2D eigenvalue weighted by Gasteiger charge is 2.28. The van der Waals surface area contributed by atoms with E-state index in [4.69, 9.17) is 9.84 Å². The summed E-state index contributed by atoms with van der Waals surface area (Å²) in [5.74, 6) is -1.48.